The van der Waals surface area contributed by atoms with Crippen LogP contribution in [0.4, 0.5) is 0 Å². The molecule has 0 bridgehead atoms. The topological polar surface area (TPSA) is 78.9 Å². The van der Waals surface area contributed by atoms with Crippen LogP contribution in [-0.4, -0.2) is 28.4 Å². The van der Waals surface area contributed by atoms with E-state index in [1.807, 2.05) is 4.90 Å². The van der Waals surface area contributed by atoms with E-state index >= 15 is 0 Å². The maximum absolute atomic E-state index is 13.1. The van der Waals surface area contributed by atoms with Crippen LogP contribution in [0.15, 0.2) is 16.6 Å². The van der Waals surface area contributed by atoms with Gasteiger partial charge in [0, 0.05) is 11.4 Å². The SMILES string of the molecule is CC1c2ccsc2CCN1C(=O)C1(C(N)=NO)CCCC1. The maximum atomic E-state index is 13.1. The Morgan fingerprint density at radius 3 is 2.90 bits per heavy atom. The van der Waals surface area contributed by atoms with Gasteiger partial charge in [-0.05, 0) is 43.2 Å². The third-order valence-corrected chi connectivity index (χ3v) is 6.00. The number of carbonyl (C=O) groups excluding carboxylic acids is 1. The Morgan fingerprint density at radius 2 is 2.24 bits per heavy atom. The lowest BCUT2D eigenvalue weighted by atomic mass is 9.82. The van der Waals surface area contributed by atoms with Crippen LogP contribution in [0.3, 0.4) is 0 Å². The summed E-state index contributed by atoms with van der Waals surface area (Å²) in [6.07, 6.45) is 4.17. The van der Waals surface area contributed by atoms with Gasteiger partial charge in [0.2, 0.25) is 5.91 Å². The van der Waals surface area contributed by atoms with Crippen LogP contribution in [0.2, 0.25) is 0 Å². The van der Waals surface area contributed by atoms with Crippen LogP contribution in [0.25, 0.3) is 0 Å². The minimum absolute atomic E-state index is 0.0275. The summed E-state index contributed by atoms with van der Waals surface area (Å²) in [6.45, 7) is 2.78. The highest BCUT2D eigenvalue weighted by Crippen LogP contribution is 2.43. The van der Waals surface area contributed by atoms with E-state index in [1.54, 1.807) is 11.3 Å². The van der Waals surface area contributed by atoms with Crippen molar-refractivity contribution in [3.05, 3.63) is 21.9 Å². The number of thiophene rings is 1. The van der Waals surface area contributed by atoms with E-state index in [2.05, 4.69) is 23.5 Å². The summed E-state index contributed by atoms with van der Waals surface area (Å²) in [7, 11) is 0. The molecule has 2 aliphatic rings. The molecule has 0 aromatic carbocycles. The lowest BCUT2D eigenvalue weighted by molar-refractivity contribution is -0.141. The van der Waals surface area contributed by atoms with Crippen molar-refractivity contribution in [1.29, 1.82) is 0 Å². The first-order valence-electron chi connectivity index (χ1n) is 7.45. The third kappa shape index (κ3) is 2.12. The summed E-state index contributed by atoms with van der Waals surface area (Å²) < 4.78 is 0. The van der Waals surface area contributed by atoms with Crippen LogP contribution in [0, 0.1) is 5.41 Å². The van der Waals surface area contributed by atoms with Crippen molar-refractivity contribution in [2.24, 2.45) is 16.3 Å². The molecule has 3 rings (SSSR count). The Labute approximate surface area is 128 Å². The molecule has 0 spiro atoms. The van der Waals surface area contributed by atoms with Gasteiger partial charge in [-0.1, -0.05) is 18.0 Å². The average molecular weight is 307 g/mol. The van der Waals surface area contributed by atoms with Crippen molar-refractivity contribution in [2.45, 2.75) is 45.1 Å². The number of hydrogen-bond donors (Lipinski definition) is 2. The molecule has 1 saturated carbocycles. The van der Waals surface area contributed by atoms with Crippen LogP contribution in [-0.2, 0) is 11.2 Å². The Kier molecular flexibility index (Phi) is 3.65. The molecule has 1 aromatic rings. The number of oxime groups is 1. The quantitative estimate of drug-likeness (QED) is 0.381. The van der Waals surface area contributed by atoms with E-state index in [9.17, 15) is 4.79 Å². The molecule has 0 saturated heterocycles. The number of amides is 1. The number of nitrogens with two attached hydrogens (primary N) is 1. The first kappa shape index (κ1) is 14.4. The van der Waals surface area contributed by atoms with Crippen molar-refractivity contribution in [1.82, 2.24) is 4.90 Å². The van der Waals surface area contributed by atoms with Crippen molar-refractivity contribution in [3.8, 4) is 0 Å². The number of rotatable bonds is 2. The van der Waals surface area contributed by atoms with E-state index in [1.165, 1.54) is 10.4 Å². The molecule has 3 N–H and O–H groups in total. The largest absolute Gasteiger partial charge is 0.409 e. The minimum atomic E-state index is -0.795. The molecule has 1 atom stereocenters. The van der Waals surface area contributed by atoms with Gasteiger partial charge in [0.1, 0.15) is 5.41 Å². The molecule has 0 radical (unpaired) electrons. The normalized spacial score (nSPS) is 24.9. The molecule has 1 unspecified atom stereocenters. The van der Waals surface area contributed by atoms with Crippen molar-refractivity contribution in [3.63, 3.8) is 0 Å². The highest BCUT2D eigenvalue weighted by atomic mass is 32.1. The predicted molar refractivity (Wildman–Crippen MR) is 82.5 cm³/mol. The molecule has 21 heavy (non-hydrogen) atoms. The molecule has 1 aliphatic carbocycles. The van der Waals surface area contributed by atoms with Crippen LogP contribution in [0.1, 0.15) is 49.1 Å². The van der Waals surface area contributed by atoms with Crippen LogP contribution >= 0.6 is 11.3 Å². The molecule has 2 heterocycles. The maximum Gasteiger partial charge on any atom is 0.237 e. The van der Waals surface area contributed by atoms with E-state index in [0.29, 0.717) is 19.4 Å². The van der Waals surface area contributed by atoms with E-state index < -0.39 is 5.41 Å². The monoisotopic (exact) mass is 307 g/mol. The van der Waals surface area contributed by atoms with E-state index in [0.717, 1.165) is 19.3 Å². The van der Waals surface area contributed by atoms with Gasteiger partial charge in [0.15, 0.2) is 5.84 Å². The zero-order valence-corrected chi connectivity index (χ0v) is 13.0. The Morgan fingerprint density at radius 1 is 1.52 bits per heavy atom. The lowest BCUT2D eigenvalue weighted by Gasteiger charge is -2.39. The first-order valence-corrected chi connectivity index (χ1v) is 8.33. The van der Waals surface area contributed by atoms with Crippen molar-refractivity contribution in [2.75, 3.05) is 6.54 Å². The van der Waals surface area contributed by atoms with Gasteiger partial charge in [0.25, 0.3) is 0 Å². The average Bonchev–Trinajstić information content (AvgIpc) is 3.16. The predicted octanol–water partition coefficient (Wildman–Crippen LogP) is 2.50. The summed E-state index contributed by atoms with van der Waals surface area (Å²) >= 11 is 1.76. The fourth-order valence-electron chi connectivity index (χ4n) is 3.72. The van der Waals surface area contributed by atoms with Gasteiger partial charge >= 0.3 is 0 Å². The smallest absolute Gasteiger partial charge is 0.237 e. The van der Waals surface area contributed by atoms with E-state index in [-0.39, 0.29) is 17.8 Å². The molecular weight excluding hydrogens is 286 g/mol. The highest BCUT2D eigenvalue weighted by Gasteiger charge is 2.49. The van der Waals surface area contributed by atoms with Gasteiger partial charge in [-0.2, -0.15) is 0 Å². The Bertz CT molecular complexity index is 575. The fourth-order valence-corrected chi connectivity index (χ4v) is 4.68. The molecule has 1 amide bonds. The van der Waals surface area contributed by atoms with Crippen LogP contribution in [0.5, 0.6) is 0 Å². The van der Waals surface area contributed by atoms with Crippen molar-refractivity contribution >= 4 is 23.1 Å². The number of carbonyl (C=O) groups is 1. The van der Waals surface area contributed by atoms with Gasteiger partial charge in [-0.15, -0.1) is 11.3 Å². The number of amidine groups is 1. The minimum Gasteiger partial charge on any atom is -0.409 e. The second kappa shape index (κ2) is 5.33. The molecule has 6 heteroatoms. The standard InChI is InChI=1S/C15H21N3O2S/c1-10-11-5-9-21-12(11)4-8-18(10)14(19)15(13(16)17-20)6-2-3-7-15/h5,9-10,20H,2-4,6-8H2,1H3,(H2,16,17). The molecule has 5 nitrogen and oxygen atoms in total. The second-order valence-corrected chi connectivity index (χ2v) is 7.00. The summed E-state index contributed by atoms with van der Waals surface area (Å²) in [5.41, 5.74) is 6.34. The van der Waals surface area contributed by atoms with Crippen molar-refractivity contribution < 1.29 is 10.0 Å². The molecule has 1 aliphatic heterocycles. The Balaban J connectivity index is 1.91. The Hall–Kier alpha value is -1.56. The van der Waals surface area contributed by atoms with Gasteiger partial charge in [0.05, 0.1) is 6.04 Å². The van der Waals surface area contributed by atoms with Gasteiger partial charge in [-0.25, -0.2) is 0 Å². The summed E-state index contributed by atoms with van der Waals surface area (Å²) in [5.74, 6) is 0.105. The summed E-state index contributed by atoms with van der Waals surface area (Å²) in [6, 6.07) is 2.17. The van der Waals surface area contributed by atoms with E-state index in [4.69, 9.17) is 10.9 Å². The number of nitrogens with zero attached hydrogens (tertiary/aromatic N) is 2. The number of fused-ring (bicyclic) bond motifs is 1. The third-order valence-electron chi connectivity index (χ3n) is 5.00. The highest BCUT2D eigenvalue weighted by molar-refractivity contribution is 7.10. The fraction of sp³-hybridized carbons (Fsp3) is 0.600. The summed E-state index contributed by atoms with van der Waals surface area (Å²) in [4.78, 5) is 16.4. The van der Waals surface area contributed by atoms with Gasteiger partial charge < -0.3 is 15.8 Å². The zero-order valence-electron chi connectivity index (χ0n) is 12.2. The zero-order chi connectivity index (χ0) is 15.0. The molecular formula is C15H21N3O2S. The number of hydrogen-bond acceptors (Lipinski definition) is 4. The first-order chi connectivity index (χ1) is 10.1. The van der Waals surface area contributed by atoms with Crippen LogP contribution < -0.4 is 5.73 Å². The molecule has 114 valence electrons. The second-order valence-electron chi connectivity index (χ2n) is 6.00. The summed E-state index contributed by atoms with van der Waals surface area (Å²) in [5, 5.41) is 14.3. The molecule has 1 fully saturated rings. The molecule has 1 aromatic heterocycles. The lowest BCUT2D eigenvalue weighted by Crippen LogP contribution is -2.52. The van der Waals surface area contributed by atoms with Gasteiger partial charge in [-0.3, -0.25) is 4.79 Å².